The first-order chi connectivity index (χ1) is 11.7. The van der Waals surface area contributed by atoms with Crippen molar-refractivity contribution in [3.63, 3.8) is 0 Å². The minimum Gasteiger partial charge on any atom is -0.490 e. The van der Waals surface area contributed by atoms with Gasteiger partial charge in [-0.3, -0.25) is 4.79 Å². The summed E-state index contributed by atoms with van der Waals surface area (Å²) in [6.45, 7) is 6.88. The quantitative estimate of drug-likeness (QED) is 0.742. The Morgan fingerprint density at radius 3 is 2.58 bits per heavy atom. The van der Waals surface area contributed by atoms with Gasteiger partial charge >= 0.3 is 0 Å². The Bertz CT molecular complexity index is 525. The summed E-state index contributed by atoms with van der Waals surface area (Å²) in [4.78, 5) is 14.7. The highest BCUT2D eigenvalue weighted by atomic mass is 16.5. The van der Waals surface area contributed by atoms with Crippen LogP contribution in [0, 0.1) is 0 Å². The van der Waals surface area contributed by atoms with Crippen LogP contribution in [-0.2, 0) is 0 Å². The number of likely N-dealkylation sites (tertiary alicyclic amines) is 1. The number of carbonyl (C=O) groups is 1. The van der Waals surface area contributed by atoms with Gasteiger partial charge in [-0.1, -0.05) is 13.3 Å². The number of rotatable bonds is 8. The van der Waals surface area contributed by atoms with Crippen molar-refractivity contribution in [3.05, 3.63) is 23.8 Å². The lowest BCUT2D eigenvalue weighted by atomic mass is 10.0. The van der Waals surface area contributed by atoms with Crippen LogP contribution >= 0.6 is 0 Å². The third-order valence-electron chi connectivity index (χ3n) is 4.44. The van der Waals surface area contributed by atoms with Gasteiger partial charge in [0.25, 0.3) is 5.91 Å². The molecule has 24 heavy (non-hydrogen) atoms. The Kier molecular flexibility index (Phi) is 7.37. The smallest absolute Gasteiger partial charge is 0.253 e. The van der Waals surface area contributed by atoms with Gasteiger partial charge in [0.05, 0.1) is 13.2 Å². The van der Waals surface area contributed by atoms with Gasteiger partial charge in [0.2, 0.25) is 0 Å². The van der Waals surface area contributed by atoms with Crippen molar-refractivity contribution in [3.8, 4) is 11.5 Å². The Labute approximate surface area is 145 Å². The number of nitrogens with one attached hydrogen (secondary N) is 1. The predicted molar refractivity (Wildman–Crippen MR) is 96.0 cm³/mol. The van der Waals surface area contributed by atoms with Crippen molar-refractivity contribution in [2.24, 2.45) is 0 Å². The standard InChI is InChI=1S/C19H30N2O3/c1-4-6-13-24-17-8-7-15(14-18(17)23-5-2)19(22)21-11-9-16(20-3)10-12-21/h7-8,14,16,20H,4-6,9-13H2,1-3H3. The first-order valence-electron chi connectivity index (χ1n) is 9.05. The zero-order chi connectivity index (χ0) is 17.4. The molecule has 1 aromatic carbocycles. The summed E-state index contributed by atoms with van der Waals surface area (Å²) in [6, 6.07) is 6.03. The summed E-state index contributed by atoms with van der Waals surface area (Å²) in [5, 5.41) is 3.29. The molecule has 0 atom stereocenters. The molecule has 0 radical (unpaired) electrons. The van der Waals surface area contributed by atoms with Gasteiger partial charge in [-0.25, -0.2) is 0 Å². The maximum Gasteiger partial charge on any atom is 0.253 e. The van der Waals surface area contributed by atoms with E-state index in [-0.39, 0.29) is 5.91 Å². The van der Waals surface area contributed by atoms with Gasteiger partial charge in [0.1, 0.15) is 0 Å². The summed E-state index contributed by atoms with van der Waals surface area (Å²) in [7, 11) is 1.98. The Hall–Kier alpha value is -1.75. The van der Waals surface area contributed by atoms with Crippen molar-refractivity contribution in [2.75, 3.05) is 33.4 Å². The Morgan fingerprint density at radius 2 is 1.96 bits per heavy atom. The second-order valence-electron chi connectivity index (χ2n) is 6.15. The molecule has 5 heteroatoms. The average Bonchev–Trinajstić information content (AvgIpc) is 2.63. The lowest BCUT2D eigenvalue weighted by Gasteiger charge is -2.32. The van der Waals surface area contributed by atoms with E-state index in [0.29, 0.717) is 30.6 Å². The maximum atomic E-state index is 12.7. The molecule has 0 spiro atoms. The number of amides is 1. The van der Waals surface area contributed by atoms with Gasteiger partial charge in [0, 0.05) is 24.7 Å². The summed E-state index contributed by atoms with van der Waals surface area (Å²) in [5.41, 5.74) is 0.671. The molecule has 0 unspecified atom stereocenters. The molecule has 2 rings (SSSR count). The summed E-state index contributed by atoms with van der Waals surface area (Å²) < 4.78 is 11.5. The van der Waals surface area contributed by atoms with E-state index in [9.17, 15) is 4.79 Å². The molecule has 1 aliphatic rings. The van der Waals surface area contributed by atoms with Crippen molar-refractivity contribution in [1.82, 2.24) is 10.2 Å². The molecule has 0 bridgehead atoms. The lowest BCUT2D eigenvalue weighted by molar-refractivity contribution is 0.0707. The van der Waals surface area contributed by atoms with E-state index in [1.54, 1.807) is 0 Å². The van der Waals surface area contributed by atoms with Crippen molar-refractivity contribution < 1.29 is 14.3 Å². The van der Waals surface area contributed by atoms with Crippen molar-refractivity contribution in [2.45, 2.75) is 45.6 Å². The highest BCUT2D eigenvalue weighted by Crippen LogP contribution is 2.29. The molecule has 1 aromatic rings. The third kappa shape index (κ3) is 4.87. The molecule has 1 amide bonds. The topological polar surface area (TPSA) is 50.8 Å². The van der Waals surface area contributed by atoms with E-state index in [1.165, 1.54) is 0 Å². The summed E-state index contributed by atoms with van der Waals surface area (Å²) in [5.74, 6) is 1.45. The number of benzene rings is 1. The minimum atomic E-state index is 0.0746. The second-order valence-corrected chi connectivity index (χ2v) is 6.15. The first-order valence-corrected chi connectivity index (χ1v) is 9.05. The third-order valence-corrected chi connectivity index (χ3v) is 4.44. The largest absolute Gasteiger partial charge is 0.490 e. The Morgan fingerprint density at radius 1 is 1.21 bits per heavy atom. The normalized spacial score (nSPS) is 15.4. The number of unbranched alkanes of at least 4 members (excludes halogenated alkanes) is 1. The predicted octanol–water partition coefficient (Wildman–Crippen LogP) is 3.09. The second kappa shape index (κ2) is 9.52. The van der Waals surface area contributed by atoms with Gasteiger partial charge in [-0.15, -0.1) is 0 Å². The maximum absolute atomic E-state index is 12.7. The molecule has 134 valence electrons. The molecular weight excluding hydrogens is 304 g/mol. The first kappa shape index (κ1) is 18.6. The summed E-state index contributed by atoms with van der Waals surface area (Å²) in [6.07, 6.45) is 4.09. The van der Waals surface area contributed by atoms with Crippen molar-refractivity contribution >= 4 is 5.91 Å². The van der Waals surface area contributed by atoms with Gasteiger partial charge in [-0.05, 0) is 51.4 Å². The average molecular weight is 334 g/mol. The molecule has 1 N–H and O–H groups in total. The van der Waals surface area contributed by atoms with Crippen LogP contribution in [0.2, 0.25) is 0 Å². The number of hydrogen-bond acceptors (Lipinski definition) is 4. The molecule has 1 aliphatic heterocycles. The van der Waals surface area contributed by atoms with Crippen LogP contribution in [0.3, 0.4) is 0 Å². The number of piperidine rings is 1. The number of hydrogen-bond donors (Lipinski definition) is 1. The van der Waals surface area contributed by atoms with Gasteiger partial charge in [0.15, 0.2) is 11.5 Å². The van der Waals surface area contributed by atoms with Crippen LogP contribution in [0.15, 0.2) is 18.2 Å². The zero-order valence-corrected chi connectivity index (χ0v) is 15.1. The molecular formula is C19H30N2O3. The van der Waals surface area contributed by atoms with Crippen LogP contribution in [0.1, 0.15) is 49.9 Å². The Balaban J connectivity index is 2.06. The number of ether oxygens (including phenoxy) is 2. The van der Waals surface area contributed by atoms with Crippen LogP contribution in [0.5, 0.6) is 11.5 Å². The van der Waals surface area contributed by atoms with E-state index in [0.717, 1.165) is 44.5 Å². The van der Waals surface area contributed by atoms with Crippen molar-refractivity contribution in [1.29, 1.82) is 0 Å². The molecule has 1 heterocycles. The van der Waals surface area contributed by atoms with Crippen LogP contribution < -0.4 is 14.8 Å². The highest BCUT2D eigenvalue weighted by molar-refractivity contribution is 5.95. The monoisotopic (exact) mass is 334 g/mol. The van der Waals surface area contributed by atoms with Crippen LogP contribution in [-0.4, -0.2) is 50.2 Å². The van der Waals surface area contributed by atoms with Crippen LogP contribution in [0.4, 0.5) is 0 Å². The fraction of sp³-hybridized carbons (Fsp3) is 0.632. The van der Waals surface area contributed by atoms with E-state index in [4.69, 9.17) is 9.47 Å². The molecule has 5 nitrogen and oxygen atoms in total. The van der Waals surface area contributed by atoms with E-state index < -0.39 is 0 Å². The fourth-order valence-electron chi connectivity index (χ4n) is 2.91. The molecule has 1 fully saturated rings. The highest BCUT2D eigenvalue weighted by Gasteiger charge is 2.23. The lowest BCUT2D eigenvalue weighted by Crippen LogP contribution is -2.43. The molecule has 0 aliphatic carbocycles. The molecule has 1 saturated heterocycles. The van der Waals surface area contributed by atoms with Gasteiger partial charge < -0.3 is 19.7 Å². The van der Waals surface area contributed by atoms with E-state index in [2.05, 4.69) is 12.2 Å². The molecule has 0 saturated carbocycles. The van der Waals surface area contributed by atoms with E-state index in [1.807, 2.05) is 37.1 Å². The summed E-state index contributed by atoms with van der Waals surface area (Å²) >= 11 is 0. The number of nitrogens with zero attached hydrogens (tertiary/aromatic N) is 1. The van der Waals surface area contributed by atoms with Gasteiger partial charge in [-0.2, -0.15) is 0 Å². The SMILES string of the molecule is CCCCOc1ccc(C(=O)N2CCC(NC)CC2)cc1OCC. The van der Waals surface area contributed by atoms with Crippen LogP contribution in [0.25, 0.3) is 0 Å². The van der Waals surface area contributed by atoms with E-state index >= 15 is 0 Å². The number of carbonyl (C=O) groups excluding carboxylic acids is 1. The zero-order valence-electron chi connectivity index (χ0n) is 15.1. The minimum absolute atomic E-state index is 0.0746. The fourth-order valence-corrected chi connectivity index (χ4v) is 2.91. The molecule has 0 aromatic heterocycles.